The largest absolute Gasteiger partial charge is 0.380 e. The van der Waals surface area contributed by atoms with Gasteiger partial charge in [0.2, 0.25) is 0 Å². The molecule has 0 spiro atoms. The molecule has 1 fully saturated rings. The molecule has 1 saturated heterocycles. The molecule has 0 aliphatic carbocycles. The molecule has 1 amide bonds. The molecule has 10 nitrogen and oxygen atoms in total. The van der Waals surface area contributed by atoms with Gasteiger partial charge in [-0.3, -0.25) is 14.8 Å². The molecule has 1 aromatic carbocycles. The second kappa shape index (κ2) is 10.6. The number of pyridine rings is 2. The minimum absolute atomic E-state index is 0.204. The molecular weight excluding hydrogens is 506 g/mol. The van der Waals surface area contributed by atoms with E-state index in [2.05, 4.69) is 26.3 Å². The van der Waals surface area contributed by atoms with Gasteiger partial charge in [0.25, 0.3) is 5.91 Å². The number of ether oxygens (including phenoxy) is 2. The fourth-order valence-electron chi connectivity index (χ4n) is 5.22. The molecule has 2 aliphatic rings. The Kier molecular flexibility index (Phi) is 6.84. The number of anilines is 1. The zero-order valence-electron chi connectivity index (χ0n) is 22.4. The molecule has 5 heterocycles. The number of benzene rings is 1. The number of fused-ring (bicyclic) bond motifs is 2. The van der Waals surface area contributed by atoms with E-state index in [9.17, 15) is 10.1 Å². The van der Waals surface area contributed by atoms with Gasteiger partial charge in [0, 0.05) is 37.3 Å². The molecule has 40 heavy (non-hydrogen) atoms. The van der Waals surface area contributed by atoms with Crippen LogP contribution in [0.1, 0.15) is 40.5 Å². The van der Waals surface area contributed by atoms with E-state index in [4.69, 9.17) is 19.4 Å². The molecular formula is C30H29N7O3. The number of nitrogens with one attached hydrogen (secondary N) is 1. The van der Waals surface area contributed by atoms with Crippen LogP contribution in [0, 0.1) is 11.3 Å². The number of methoxy groups -OCH3 is 1. The Morgan fingerprint density at radius 1 is 1.20 bits per heavy atom. The average Bonchev–Trinajstić information content (AvgIpc) is 3.49. The minimum atomic E-state index is -0.780. The number of amides is 1. The first-order chi connectivity index (χ1) is 19.5. The van der Waals surface area contributed by atoms with Gasteiger partial charge >= 0.3 is 0 Å². The van der Waals surface area contributed by atoms with Gasteiger partial charge in [-0.15, -0.1) is 0 Å². The maximum absolute atomic E-state index is 13.0. The van der Waals surface area contributed by atoms with E-state index in [1.807, 2.05) is 31.2 Å². The zero-order chi connectivity index (χ0) is 27.7. The second-order valence-electron chi connectivity index (χ2n) is 10.4. The summed E-state index contributed by atoms with van der Waals surface area (Å²) >= 11 is 0. The highest BCUT2D eigenvalue weighted by molar-refractivity contribution is 5.94. The summed E-state index contributed by atoms with van der Waals surface area (Å²) in [4.78, 5) is 33.7. The molecule has 3 aromatic heterocycles. The van der Waals surface area contributed by atoms with Crippen molar-refractivity contribution >= 4 is 22.6 Å². The van der Waals surface area contributed by atoms with Crippen LogP contribution in [0.25, 0.3) is 22.3 Å². The average molecular weight is 536 g/mol. The predicted octanol–water partition coefficient (Wildman–Crippen LogP) is 3.55. The monoisotopic (exact) mass is 535 g/mol. The first kappa shape index (κ1) is 25.8. The number of nitrogens with zero attached hydrogens (tertiary/aromatic N) is 6. The maximum Gasteiger partial charge on any atom is 0.251 e. The van der Waals surface area contributed by atoms with Crippen molar-refractivity contribution < 1.29 is 14.3 Å². The highest BCUT2D eigenvalue weighted by Gasteiger charge is 2.33. The normalized spacial score (nSPS) is 20.2. The van der Waals surface area contributed by atoms with Crippen molar-refractivity contribution in [3.8, 4) is 17.5 Å². The highest BCUT2D eigenvalue weighted by Crippen LogP contribution is 2.32. The summed E-state index contributed by atoms with van der Waals surface area (Å²) in [5, 5.41) is 13.5. The topological polar surface area (TPSA) is 126 Å². The lowest BCUT2D eigenvalue weighted by molar-refractivity contribution is 0.0757. The Hall–Kier alpha value is -4.46. The quantitative estimate of drug-likeness (QED) is 0.394. The molecule has 6 rings (SSSR count). The number of hydrogen-bond acceptors (Lipinski definition) is 9. The molecule has 2 aliphatic heterocycles. The van der Waals surface area contributed by atoms with Crippen LogP contribution in [-0.2, 0) is 28.0 Å². The summed E-state index contributed by atoms with van der Waals surface area (Å²) in [5.41, 5.74) is 4.32. The lowest BCUT2D eigenvalue weighted by Gasteiger charge is -2.30. The van der Waals surface area contributed by atoms with Crippen LogP contribution in [0.3, 0.4) is 0 Å². The molecule has 0 saturated carbocycles. The predicted molar refractivity (Wildman–Crippen MR) is 148 cm³/mol. The van der Waals surface area contributed by atoms with Crippen LogP contribution in [-0.4, -0.2) is 58.8 Å². The van der Waals surface area contributed by atoms with Crippen molar-refractivity contribution in [2.24, 2.45) is 0 Å². The number of nitriles is 1. The summed E-state index contributed by atoms with van der Waals surface area (Å²) in [5.74, 6) is 0.574. The first-order valence-electron chi connectivity index (χ1n) is 13.2. The Morgan fingerprint density at radius 2 is 2.10 bits per heavy atom. The molecule has 0 bridgehead atoms. The van der Waals surface area contributed by atoms with Crippen LogP contribution < -0.4 is 10.2 Å². The van der Waals surface area contributed by atoms with E-state index in [-0.39, 0.29) is 18.6 Å². The number of carbonyl (C=O) groups excluding carboxylic acids is 1. The van der Waals surface area contributed by atoms with Crippen molar-refractivity contribution in [3.05, 3.63) is 77.4 Å². The van der Waals surface area contributed by atoms with Gasteiger partial charge in [-0.05, 0) is 54.8 Å². The van der Waals surface area contributed by atoms with Crippen molar-refractivity contribution in [2.45, 2.75) is 38.0 Å². The van der Waals surface area contributed by atoms with E-state index >= 15 is 0 Å². The van der Waals surface area contributed by atoms with Crippen LogP contribution in [0.4, 0.5) is 5.82 Å². The van der Waals surface area contributed by atoms with Gasteiger partial charge in [0.15, 0.2) is 0 Å². The van der Waals surface area contributed by atoms with Crippen LogP contribution in [0.5, 0.6) is 0 Å². The van der Waals surface area contributed by atoms with Crippen LogP contribution >= 0.6 is 0 Å². The molecule has 2 atom stereocenters. The summed E-state index contributed by atoms with van der Waals surface area (Å²) in [7, 11) is 1.73. The van der Waals surface area contributed by atoms with E-state index in [0.717, 1.165) is 47.4 Å². The van der Waals surface area contributed by atoms with Crippen LogP contribution in [0.15, 0.2) is 55.0 Å². The molecule has 202 valence electrons. The van der Waals surface area contributed by atoms with Gasteiger partial charge in [-0.25, -0.2) is 9.97 Å². The summed E-state index contributed by atoms with van der Waals surface area (Å²) in [6.45, 7) is 4.48. The number of carbonyl (C=O) groups is 1. The Balaban J connectivity index is 1.19. The van der Waals surface area contributed by atoms with E-state index in [0.29, 0.717) is 35.9 Å². The molecule has 0 radical (unpaired) electrons. The standard InChI is InChI=1S/C30H29N7O3/c1-30(17-31)18-40-16-21-4-3-19(9-24(21)30)29(38)34-12-22-10-26-20(11-33-22)5-6-25(35-26)27-13-32-14-28(36-27)37-8-7-23(15-37)39-2/h3-6,9-11,13-14,23H,7-8,12,15-16,18H2,1-2H3,(H,34,38)/t23-,30-/m1/s1. The fraction of sp³-hybridized carbons (Fsp3) is 0.333. The molecule has 10 heteroatoms. The van der Waals surface area contributed by atoms with Crippen molar-refractivity contribution in [2.75, 3.05) is 31.7 Å². The lowest BCUT2D eigenvalue weighted by atomic mass is 9.79. The van der Waals surface area contributed by atoms with Gasteiger partial charge in [0.1, 0.15) is 16.9 Å². The maximum atomic E-state index is 13.0. The molecule has 4 aromatic rings. The molecule has 0 unspecified atom stereocenters. The van der Waals surface area contributed by atoms with Crippen LogP contribution in [0.2, 0.25) is 0 Å². The third-order valence-electron chi connectivity index (χ3n) is 7.61. The third-order valence-corrected chi connectivity index (χ3v) is 7.61. The van der Waals surface area contributed by atoms with Gasteiger partial charge in [-0.1, -0.05) is 6.07 Å². The fourth-order valence-corrected chi connectivity index (χ4v) is 5.22. The Morgan fingerprint density at radius 3 is 2.92 bits per heavy atom. The van der Waals surface area contributed by atoms with Gasteiger partial charge in [0.05, 0.1) is 61.2 Å². The highest BCUT2D eigenvalue weighted by atomic mass is 16.5. The third kappa shape index (κ3) is 4.97. The Labute approximate surface area is 232 Å². The lowest BCUT2D eigenvalue weighted by Crippen LogP contribution is -2.33. The molecule has 1 N–H and O–H groups in total. The number of aromatic nitrogens is 4. The SMILES string of the molecule is CO[C@@H]1CCN(c2cncc(-c3ccc4cnc(CNC(=O)c5ccc6c(c5)[C@](C)(C#N)COC6)cc4n3)n2)C1. The summed E-state index contributed by atoms with van der Waals surface area (Å²) in [6.07, 6.45) is 6.40. The minimum Gasteiger partial charge on any atom is -0.380 e. The zero-order valence-corrected chi connectivity index (χ0v) is 22.4. The van der Waals surface area contributed by atoms with E-state index < -0.39 is 5.41 Å². The first-order valence-corrected chi connectivity index (χ1v) is 13.2. The number of hydrogen-bond donors (Lipinski definition) is 1. The summed E-state index contributed by atoms with van der Waals surface area (Å²) in [6, 6.07) is 13.5. The van der Waals surface area contributed by atoms with Crippen molar-refractivity contribution in [3.63, 3.8) is 0 Å². The van der Waals surface area contributed by atoms with Crippen molar-refractivity contribution in [1.29, 1.82) is 5.26 Å². The number of rotatable bonds is 6. The van der Waals surface area contributed by atoms with E-state index in [1.165, 1.54) is 0 Å². The van der Waals surface area contributed by atoms with Crippen molar-refractivity contribution in [1.82, 2.24) is 25.3 Å². The smallest absolute Gasteiger partial charge is 0.251 e. The van der Waals surface area contributed by atoms with Gasteiger partial charge in [-0.2, -0.15) is 5.26 Å². The second-order valence-corrected chi connectivity index (χ2v) is 10.4. The Bertz CT molecular complexity index is 1640. The summed E-state index contributed by atoms with van der Waals surface area (Å²) < 4.78 is 11.0. The van der Waals surface area contributed by atoms with E-state index in [1.54, 1.807) is 37.8 Å². The van der Waals surface area contributed by atoms with Gasteiger partial charge < -0.3 is 19.7 Å².